The zero-order valence-electron chi connectivity index (χ0n) is 12.0. The van der Waals surface area contributed by atoms with Gasteiger partial charge >= 0.3 is 10.3 Å². The molecule has 0 spiro atoms. The van der Waals surface area contributed by atoms with E-state index in [-0.39, 0.29) is 12.7 Å². The molecule has 3 rings (SSSR count). The zero-order valence-corrected chi connectivity index (χ0v) is 12.8. The van der Waals surface area contributed by atoms with Crippen molar-refractivity contribution in [3.63, 3.8) is 0 Å². The van der Waals surface area contributed by atoms with Gasteiger partial charge in [-0.1, -0.05) is 0 Å². The Morgan fingerprint density at radius 1 is 1.33 bits per heavy atom. The van der Waals surface area contributed by atoms with Crippen molar-refractivity contribution in [2.24, 2.45) is 5.14 Å². The molecule has 0 bridgehead atoms. The van der Waals surface area contributed by atoms with Crippen molar-refractivity contribution in [1.82, 2.24) is 0 Å². The van der Waals surface area contributed by atoms with Crippen LogP contribution in [0.3, 0.4) is 0 Å². The molecular weight excluding hydrogens is 306 g/mol. The minimum Gasteiger partial charge on any atom is -0.344 e. The lowest BCUT2D eigenvalue weighted by Crippen LogP contribution is -2.60. The van der Waals surface area contributed by atoms with Gasteiger partial charge in [0.05, 0.1) is 6.61 Å². The Morgan fingerprint density at radius 2 is 2.05 bits per heavy atom. The van der Waals surface area contributed by atoms with Crippen LogP contribution in [0.15, 0.2) is 0 Å². The van der Waals surface area contributed by atoms with Crippen LogP contribution in [0.2, 0.25) is 0 Å². The van der Waals surface area contributed by atoms with Crippen LogP contribution in [0.4, 0.5) is 0 Å². The van der Waals surface area contributed by atoms with Gasteiger partial charge in [0, 0.05) is 0 Å². The fraction of sp³-hybridized carbons (Fsp3) is 1.00. The maximum Gasteiger partial charge on any atom is 0.333 e. The maximum absolute atomic E-state index is 11.0. The zero-order chi connectivity index (χ0) is 15.5. The highest BCUT2D eigenvalue weighted by Crippen LogP contribution is 2.45. The van der Waals surface area contributed by atoms with Gasteiger partial charge in [0.15, 0.2) is 12.1 Å². The van der Waals surface area contributed by atoms with Gasteiger partial charge in [0.1, 0.15) is 24.9 Å². The molecule has 0 aromatic carbocycles. The van der Waals surface area contributed by atoms with E-state index in [1.165, 1.54) is 0 Å². The molecule has 21 heavy (non-hydrogen) atoms. The molecule has 3 aliphatic rings. The van der Waals surface area contributed by atoms with E-state index in [0.29, 0.717) is 0 Å². The first-order valence-corrected chi connectivity index (χ1v) is 8.07. The van der Waals surface area contributed by atoms with Crippen molar-refractivity contribution in [3.8, 4) is 0 Å². The van der Waals surface area contributed by atoms with Gasteiger partial charge in [-0.25, -0.2) is 5.14 Å². The highest BCUT2D eigenvalue weighted by atomic mass is 32.2. The molecule has 5 atom stereocenters. The molecule has 10 heteroatoms. The molecule has 0 aromatic rings. The smallest absolute Gasteiger partial charge is 0.333 e. The first-order chi connectivity index (χ1) is 9.60. The molecule has 3 saturated heterocycles. The van der Waals surface area contributed by atoms with Crippen molar-refractivity contribution in [1.29, 1.82) is 0 Å². The Balaban J connectivity index is 1.86. The molecule has 3 aliphatic heterocycles. The van der Waals surface area contributed by atoms with Crippen molar-refractivity contribution >= 4 is 10.3 Å². The van der Waals surface area contributed by atoms with Crippen LogP contribution in [0.5, 0.6) is 0 Å². The van der Waals surface area contributed by atoms with Crippen LogP contribution in [0.25, 0.3) is 0 Å². The number of hydrogen-bond acceptors (Lipinski definition) is 8. The Kier molecular flexibility index (Phi) is 3.58. The summed E-state index contributed by atoms with van der Waals surface area (Å²) in [5.74, 6) is -2.37. The number of rotatable bonds is 3. The lowest BCUT2D eigenvalue weighted by Gasteiger charge is -2.40. The average Bonchev–Trinajstić information content (AvgIpc) is 2.82. The number of hydrogen-bond donors (Lipinski definition) is 1. The lowest BCUT2D eigenvalue weighted by molar-refractivity contribution is -0.290. The van der Waals surface area contributed by atoms with Crippen LogP contribution >= 0.6 is 0 Å². The molecule has 9 nitrogen and oxygen atoms in total. The fourth-order valence-electron chi connectivity index (χ4n) is 2.93. The van der Waals surface area contributed by atoms with Crippen molar-refractivity contribution < 1.29 is 36.3 Å². The van der Waals surface area contributed by atoms with Crippen molar-refractivity contribution in [2.45, 2.75) is 56.9 Å². The molecule has 0 aliphatic carbocycles. The van der Waals surface area contributed by atoms with Crippen LogP contribution < -0.4 is 5.14 Å². The summed E-state index contributed by atoms with van der Waals surface area (Å²) >= 11 is 0. The summed E-state index contributed by atoms with van der Waals surface area (Å²) in [6, 6.07) is 0. The summed E-state index contributed by atoms with van der Waals surface area (Å²) in [4.78, 5) is 0. The van der Waals surface area contributed by atoms with Gasteiger partial charge in [-0.2, -0.15) is 8.42 Å². The van der Waals surface area contributed by atoms with E-state index in [4.69, 9.17) is 28.8 Å². The maximum atomic E-state index is 11.0. The highest BCUT2D eigenvalue weighted by molar-refractivity contribution is 7.84. The van der Waals surface area contributed by atoms with Crippen molar-refractivity contribution in [3.05, 3.63) is 0 Å². The molecule has 0 aromatic heterocycles. The third-order valence-corrected chi connectivity index (χ3v) is 4.01. The summed E-state index contributed by atoms with van der Waals surface area (Å²) in [6.07, 6.45) is -1.81. The second-order valence-corrected chi connectivity index (χ2v) is 6.98. The number of fused-ring (bicyclic) bond motifs is 3. The van der Waals surface area contributed by atoms with Crippen molar-refractivity contribution in [2.75, 3.05) is 13.2 Å². The Morgan fingerprint density at radius 3 is 2.71 bits per heavy atom. The molecule has 0 radical (unpaired) electrons. The van der Waals surface area contributed by atoms with E-state index in [2.05, 4.69) is 4.18 Å². The summed E-state index contributed by atoms with van der Waals surface area (Å²) in [5.41, 5.74) is 0. The van der Waals surface area contributed by atoms with Gasteiger partial charge in [-0.3, -0.25) is 4.18 Å². The molecular formula is C11H19NO8S. The van der Waals surface area contributed by atoms with Gasteiger partial charge < -0.3 is 23.7 Å². The Bertz CT molecular complexity index is 522. The summed E-state index contributed by atoms with van der Waals surface area (Å²) in [6.45, 7) is 4.92. The molecule has 5 unspecified atom stereocenters. The van der Waals surface area contributed by atoms with E-state index in [1.807, 2.05) is 0 Å². The van der Waals surface area contributed by atoms with Crippen LogP contribution in [0.1, 0.15) is 20.8 Å². The topological polar surface area (TPSA) is 116 Å². The third-order valence-electron chi connectivity index (χ3n) is 3.56. The normalized spacial score (nSPS) is 45.3. The van der Waals surface area contributed by atoms with E-state index in [0.717, 1.165) is 0 Å². The first-order valence-electron chi connectivity index (χ1n) is 6.60. The number of nitrogens with two attached hydrogens (primary N) is 1. The molecule has 3 heterocycles. The minimum atomic E-state index is -4.13. The second kappa shape index (κ2) is 4.83. The standard InChI is InChI=1S/C11H19NO8S/c1-6-17-7-4-15-11(5-16-21(12,13)14)9(8(7)18-6)19-10(2,3)20-11/h6-9H,4-5H2,1-3H3,(H2,12,13,14). The number of ether oxygens (including phenoxy) is 5. The van der Waals surface area contributed by atoms with Gasteiger partial charge in [-0.05, 0) is 20.8 Å². The van der Waals surface area contributed by atoms with E-state index < -0.39 is 47.0 Å². The van der Waals surface area contributed by atoms with E-state index in [1.54, 1.807) is 20.8 Å². The fourth-order valence-corrected chi connectivity index (χ4v) is 3.26. The summed E-state index contributed by atoms with van der Waals surface area (Å²) in [5, 5.41) is 4.87. The Hall–Kier alpha value is -0.330. The first kappa shape index (κ1) is 15.6. The summed E-state index contributed by atoms with van der Waals surface area (Å²) < 4.78 is 55.3. The van der Waals surface area contributed by atoms with Crippen LogP contribution in [0, 0.1) is 0 Å². The predicted molar refractivity (Wildman–Crippen MR) is 67.0 cm³/mol. The van der Waals surface area contributed by atoms with Crippen LogP contribution in [-0.2, 0) is 38.2 Å². The molecule has 2 N–H and O–H groups in total. The quantitative estimate of drug-likeness (QED) is 0.718. The van der Waals surface area contributed by atoms with E-state index in [9.17, 15) is 8.42 Å². The summed E-state index contributed by atoms with van der Waals surface area (Å²) in [7, 11) is -4.13. The van der Waals surface area contributed by atoms with Crippen LogP contribution in [-0.4, -0.2) is 57.8 Å². The minimum absolute atomic E-state index is 0.179. The second-order valence-electron chi connectivity index (χ2n) is 5.76. The lowest BCUT2D eigenvalue weighted by atomic mass is 9.98. The van der Waals surface area contributed by atoms with E-state index >= 15 is 0 Å². The third kappa shape index (κ3) is 2.94. The highest BCUT2D eigenvalue weighted by Gasteiger charge is 2.64. The largest absolute Gasteiger partial charge is 0.344 e. The molecule has 0 amide bonds. The monoisotopic (exact) mass is 325 g/mol. The SMILES string of the molecule is CC1OC2COC3(COS(N)(=O)=O)OC(C)(C)OC3C2O1. The van der Waals surface area contributed by atoms with Gasteiger partial charge in [-0.15, -0.1) is 0 Å². The Labute approximate surface area is 122 Å². The van der Waals surface area contributed by atoms with Gasteiger partial charge in [0.2, 0.25) is 5.79 Å². The predicted octanol–water partition coefficient (Wildman–Crippen LogP) is -0.785. The van der Waals surface area contributed by atoms with Gasteiger partial charge in [0.25, 0.3) is 0 Å². The molecule has 122 valence electrons. The molecule has 3 fully saturated rings. The average molecular weight is 325 g/mol. The molecule has 0 saturated carbocycles.